The van der Waals surface area contributed by atoms with E-state index < -0.39 is 31.1 Å². The Morgan fingerprint density at radius 1 is 1.30 bits per heavy atom. The Bertz CT molecular complexity index is 481. The molecule has 0 heterocycles. The molecule has 1 aromatic carbocycles. The van der Waals surface area contributed by atoms with Gasteiger partial charge in [0.2, 0.25) is 0 Å². The summed E-state index contributed by atoms with van der Waals surface area (Å²) in [4.78, 5) is 22.7. The van der Waals surface area contributed by atoms with E-state index in [0.29, 0.717) is 0 Å². The molecule has 0 bridgehead atoms. The summed E-state index contributed by atoms with van der Waals surface area (Å²) in [5, 5.41) is 19.7. The van der Waals surface area contributed by atoms with E-state index in [2.05, 4.69) is 10.1 Å². The summed E-state index contributed by atoms with van der Waals surface area (Å²) in [6, 6.07) is 3.91. The minimum absolute atomic E-state index is 0.195. The first-order valence-electron chi connectivity index (χ1n) is 5.64. The molecule has 6 nitrogen and oxygen atoms in total. The van der Waals surface area contributed by atoms with Gasteiger partial charge in [-0.3, -0.25) is 4.79 Å². The number of amides is 1. The Balaban J connectivity index is 2.88. The molecule has 0 saturated carbocycles. The molecule has 0 aliphatic rings. The maximum absolute atomic E-state index is 12.2. The predicted octanol–water partition coefficient (Wildman–Crippen LogP) is 0.853. The number of nitrogens with one attached hydrogen (secondary N) is 1. The monoisotopic (exact) mass is 289 g/mol. The largest absolute Gasteiger partial charge is 0.480 e. The minimum Gasteiger partial charge on any atom is -0.480 e. The molecule has 1 rings (SSSR count). The number of para-hydroxylation sites is 1. The summed E-state index contributed by atoms with van der Waals surface area (Å²) >= 11 is 0. The summed E-state index contributed by atoms with van der Waals surface area (Å²) in [7, 11) is 0. The molecule has 8 heteroatoms. The number of carboxylic acids is 1. The lowest BCUT2D eigenvalue weighted by atomic mass is 10.1. The van der Waals surface area contributed by atoms with Crippen molar-refractivity contribution in [3.63, 3.8) is 0 Å². The zero-order valence-electron chi connectivity index (χ0n) is 10.3. The Hall–Kier alpha value is -2.22. The van der Waals surface area contributed by atoms with E-state index in [1.807, 2.05) is 0 Å². The van der Waals surface area contributed by atoms with Gasteiger partial charge in [0.15, 0.2) is 0 Å². The third-order valence-electron chi connectivity index (χ3n) is 2.37. The molecule has 20 heavy (non-hydrogen) atoms. The fraction of sp³-hybridized carbons (Fsp3) is 0.333. The normalized spacial score (nSPS) is 12.0. The van der Waals surface area contributed by atoms with Crippen LogP contribution in [0.4, 0.5) is 8.78 Å². The number of aliphatic hydroxyl groups excluding tert-OH is 1. The molecule has 1 aromatic rings. The van der Waals surface area contributed by atoms with Crippen LogP contribution in [0.15, 0.2) is 24.3 Å². The topological polar surface area (TPSA) is 95.9 Å². The van der Waals surface area contributed by atoms with E-state index in [9.17, 15) is 18.4 Å². The van der Waals surface area contributed by atoms with Crippen molar-refractivity contribution in [3.05, 3.63) is 29.8 Å². The number of aliphatic hydroxyl groups is 1. The van der Waals surface area contributed by atoms with Gasteiger partial charge in [0.1, 0.15) is 11.8 Å². The third kappa shape index (κ3) is 4.47. The average Bonchev–Trinajstić information content (AvgIpc) is 2.37. The summed E-state index contributed by atoms with van der Waals surface area (Å²) < 4.78 is 28.6. The van der Waals surface area contributed by atoms with Crippen molar-refractivity contribution in [2.24, 2.45) is 0 Å². The lowest BCUT2D eigenvalue weighted by molar-refractivity contribution is -0.139. The van der Waals surface area contributed by atoms with Crippen LogP contribution in [0.2, 0.25) is 0 Å². The number of rotatable bonds is 7. The van der Waals surface area contributed by atoms with Crippen LogP contribution in [0.3, 0.4) is 0 Å². The number of carbonyl (C=O) groups excluding carboxylic acids is 1. The number of aliphatic carboxylic acids is 1. The van der Waals surface area contributed by atoms with Gasteiger partial charge in [-0.15, -0.1) is 0 Å². The number of alkyl halides is 2. The standard InChI is InChI=1S/C12H13F2NO5/c13-12(14)20-9-4-2-1-3-7(9)10(17)15-8(5-6-16)11(18)19/h1-4,8,12,16H,5-6H2,(H,15,17)(H,18,19)/t8-/m0/s1. The predicted molar refractivity (Wildman–Crippen MR) is 63.7 cm³/mol. The van der Waals surface area contributed by atoms with Gasteiger partial charge in [0.25, 0.3) is 5.91 Å². The Morgan fingerprint density at radius 2 is 1.95 bits per heavy atom. The smallest absolute Gasteiger partial charge is 0.387 e. The van der Waals surface area contributed by atoms with Gasteiger partial charge in [0, 0.05) is 13.0 Å². The highest BCUT2D eigenvalue weighted by molar-refractivity contribution is 5.98. The van der Waals surface area contributed by atoms with Crippen molar-refractivity contribution in [2.45, 2.75) is 19.1 Å². The first kappa shape index (κ1) is 15.8. The lowest BCUT2D eigenvalue weighted by Gasteiger charge is -2.15. The van der Waals surface area contributed by atoms with E-state index in [1.54, 1.807) is 0 Å². The van der Waals surface area contributed by atoms with Crippen LogP contribution >= 0.6 is 0 Å². The van der Waals surface area contributed by atoms with Crippen LogP contribution in [-0.2, 0) is 4.79 Å². The van der Waals surface area contributed by atoms with E-state index >= 15 is 0 Å². The summed E-state index contributed by atoms with van der Waals surface area (Å²) in [6.07, 6.45) is -0.195. The van der Waals surface area contributed by atoms with Gasteiger partial charge in [-0.25, -0.2) is 4.79 Å². The Morgan fingerprint density at radius 3 is 2.50 bits per heavy atom. The van der Waals surface area contributed by atoms with Gasteiger partial charge in [-0.05, 0) is 12.1 Å². The second kappa shape index (κ2) is 7.39. The van der Waals surface area contributed by atoms with Gasteiger partial charge in [-0.1, -0.05) is 12.1 Å². The quantitative estimate of drug-likeness (QED) is 0.691. The van der Waals surface area contributed by atoms with Crippen molar-refractivity contribution in [1.29, 1.82) is 0 Å². The summed E-state index contributed by atoms with van der Waals surface area (Å²) in [5.41, 5.74) is -0.211. The van der Waals surface area contributed by atoms with Crippen LogP contribution in [0.25, 0.3) is 0 Å². The fourth-order valence-corrected chi connectivity index (χ4v) is 1.48. The highest BCUT2D eigenvalue weighted by atomic mass is 19.3. The van der Waals surface area contributed by atoms with E-state index in [-0.39, 0.29) is 17.7 Å². The third-order valence-corrected chi connectivity index (χ3v) is 2.37. The van der Waals surface area contributed by atoms with E-state index in [1.165, 1.54) is 24.3 Å². The van der Waals surface area contributed by atoms with Crippen molar-refractivity contribution in [3.8, 4) is 5.75 Å². The maximum atomic E-state index is 12.2. The van der Waals surface area contributed by atoms with Crippen LogP contribution in [0.5, 0.6) is 5.75 Å². The molecule has 0 aliphatic heterocycles. The zero-order chi connectivity index (χ0) is 15.1. The number of hydrogen-bond acceptors (Lipinski definition) is 4. The second-order valence-corrected chi connectivity index (χ2v) is 3.75. The molecule has 0 fully saturated rings. The van der Waals surface area contributed by atoms with Crippen molar-refractivity contribution >= 4 is 11.9 Å². The highest BCUT2D eigenvalue weighted by Gasteiger charge is 2.22. The van der Waals surface area contributed by atoms with Crippen LogP contribution in [-0.4, -0.2) is 41.3 Å². The van der Waals surface area contributed by atoms with Crippen molar-refractivity contribution < 1.29 is 33.3 Å². The molecular weight excluding hydrogens is 276 g/mol. The summed E-state index contributed by atoms with van der Waals surface area (Å²) in [6.45, 7) is -3.54. The number of hydrogen-bond donors (Lipinski definition) is 3. The molecule has 0 unspecified atom stereocenters. The molecule has 0 radical (unpaired) electrons. The Kier molecular flexibility index (Phi) is 5.85. The molecule has 3 N–H and O–H groups in total. The number of benzene rings is 1. The van der Waals surface area contributed by atoms with Crippen molar-refractivity contribution in [2.75, 3.05) is 6.61 Å². The lowest BCUT2D eigenvalue weighted by Crippen LogP contribution is -2.41. The maximum Gasteiger partial charge on any atom is 0.387 e. The first-order valence-corrected chi connectivity index (χ1v) is 5.64. The van der Waals surface area contributed by atoms with Crippen LogP contribution < -0.4 is 10.1 Å². The SMILES string of the molecule is O=C(N[C@@H](CCO)C(=O)O)c1ccccc1OC(F)F. The first-order chi connectivity index (χ1) is 9.45. The van der Waals surface area contributed by atoms with Gasteiger partial charge in [-0.2, -0.15) is 8.78 Å². The van der Waals surface area contributed by atoms with E-state index in [0.717, 1.165) is 0 Å². The second-order valence-electron chi connectivity index (χ2n) is 3.75. The van der Waals surface area contributed by atoms with Crippen LogP contribution in [0.1, 0.15) is 16.8 Å². The molecular formula is C12H13F2NO5. The fourth-order valence-electron chi connectivity index (χ4n) is 1.48. The zero-order valence-corrected chi connectivity index (χ0v) is 10.3. The molecule has 0 saturated heterocycles. The number of carboxylic acid groups (broad SMARTS) is 1. The number of carbonyl (C=O) groups is 2. The van der Waals surface area contributed by atoms with Gasteiger partial charge in [0.05, 0.1) is 5.56 Å². The van der Waals surface area contributed by atoms with Gasteiger partial charge >= 0.3 is 12.6 Å². The van der Waals surface area contributed by atoms with Crippen LogP contribution in [0, 0.1) is 0 Å². The Labute approximate surface area is 113 Å². The minimum atomic E-state index is -3.10. The molecule has 1 atom stereocenters. The van der Waals surface area contributed by atoms with Crippen molar-refractivity contribution in [1.82, 2.24) is 5.32 Å². The molecule has 0 spiro atoms. The average molecular weight is 289 g/mol. The van der Waals surface area contributed by atoms with E-state index in [4.69, 9.17) is 10.2 Å². The summed E-state index contributed by atoms with van der Waals surface area (Å²) in [5.74, 6) is -2.56. The molecule has 110 valence electrons. The molecule has 0 aliphatic carbocycles. The van der Waals surface area contributed by atoms with Gasteiger partial charge < -0.3 is 20.3 Å². The number of ether oxygens (including phenoxy) is 1. The highest BCUT2D eigenvalue weighted by Crippen LogP contribution is 2.20. The molecule has 0 aromatic heterocycles. The molecule has 1 amide bonds. The number of halogens is 2.